The van der Waals surface area contributed by atoms with Crippen LogP contribution < -0.4 is 0 Å². The molecule has 0 aromatic carbocycles. The zero-order valence-corrected chi connectivity index (χ0v) is 6.83. The van der Waals surface area contributed by atoms with E-state index in [1.807, 2.05) is 0 Å². The van der Waals surface area contributed by atoms with Gasteiger partial charge in [0, 0.05) is 0 Å². The maximum absolute atomic E-state index is 10.9. The SMILES string of the molecule is C=C(P(=O)(O)O)P1(=O)OOO1. The summed E-state index contributed by atoms with van der Waals surface area (Å²) in [6.07, 6.45) is 0. The average Bonchev–Trinajstić information content (AvgIpc) is 1.79. The number of rotatable bonds is 2. The first-order chi connectivity index (χ1) is 4.86. The molecule has 1 heterocycles. The van der Waals surface area contributed by atoms with Crippen molar-refractivity contribution < 1.29 is 33.3 Å². The van der Waals surface area contributed by atoms with Gasteiger partial charge >= 0.3 is 15.2 Å². The topological polar surface area (TPSA) is 102 Å². The predicted molar refractivity (Wildman–Crippen MR) is 32.0 cm³/mol. The first kappa shape index (κ1) is 9.09. The van der Waals surface area contributed by atoms with Crippen molar-refractivity contribution in [1.82, 2.24) is 0 Å². The lowest BCUT2D eigenvalue weighted by Gasteiger charge is -2.23. The van der Waals surface area contributed by atoms with Gasteiger partial charge < -0.3 is 9.79 Å². The normalized spacial score (nSPS) is 22.4. The molecule has 0 aromatic rings. The summed E-state index contributed by atoms with van der Waals surface area (Å²) in [7, 11) is -8.52. The molecule has 0 radical (unpaired) electrons. The van der Waals surface area contributed by atoms with Gasteiger partial charge in [-0.3, -0.25) is 4.57 Å². The van der Waals surface area contributed by atoms with Crippen molar-refractivity contribution in [1.29, 1.82) is 0 Å². The quantitative estimate of drug-likeness (QED) is 0.502. The molecule has 0 amide bonds. The van der Waals surface area contributed by atoms with E-state index in [9.17, 15) is 9.13 Å². The van der Waals surface area contributed by atoms with Crippen molar-refractivity contribution in [3.05, 3.63) is 11.6 Å². The summed E-state index contributed by atoms with van der Waals surface area (Å²) < 4.78 is 28.9. The third-order valence-corrected chi connectivity index (χ3v) is 4.24. The first-order valence-corrected chi connectivity index (χ1v) is 5.42. The molecule has 0 bridgehead atoms. The van der Waals surface area contributed by atoms with Gasteiger partial charge in [-0.25, -0.2) is 4.57 Å². The Morgan fingerprint density at radius 3 is 2.00 bits per heavy atom. The van der Waals surface area contributed by atoms with Crippen molar-refractivity contribution in [3.8, 4) is 0 Å². The fourth-order valence-electron chi connectivity index (χ4n) is 0.331. The van der Waals surface area contributed by atoms with E-state index in [0.29, 0.717) is 0 Å². The highest BCUT2D eigenvalue weighted by molar-refractivity contribution is 7.78. The van der Waals surface area contributed by atoms with E-state index in [2.05, 4.69) is 21.0 Å². The van der Waals surface area contributed by atoms with Crippen molar-refractivity contribution in [2.45, 2.75) is 0 Å². The Bertz CT molecular complexity index is 266. The van der Waals surface area contributed by atoms with E-state index in [4.69, 9.17) is 9.79 Å². The molecule has 0 aromatic heterocycles. The lowest BCUT2D eigenvalue weighted by Crippen LogP contribution is -2.08. The van der Waals surface area contributed by atoms with Crippen LogP contribution >= 0.6 is 15.2 Å². The molecule has 1 saturated heterocycles. The molecule has 0 unspecified atom stereocenters. The highest BCUT2D eigenvalue weighted by atomic mass is 31.2. The maximum Gasteiger partial charge on any atom is 0.427 e. The van der Waals surface area contributed by atoms with Crippen molar-refractivity contribution in [2.24, 2.45) is 0 Å². The van der Waals surface area contributed by atoms with Gasteiger partial charge in [-0.05, 0) is 5.04 Å². The zero-order chi connectivity index (χ0) is 8.70. The van der Waals surface area contributed by atoms with Crippen molar-refractivity contribution >= 4 is 15.2 Å². The predicted octanol–water partition coefficient (Wildman–Crippen LogP) is 0.722. The van der Waals surface area contributed by atoms with E-state index in [1.165, 1.54) is 0 Å². The van der Waals surface area contributed by atoms with Crippen LogP contribution in [0.4, 0.5) is 0 Å². The van der Waals surface area contributed by atoms with Crippen LogP contribution in [0.15, 0.2) is 11.6 Å². The molecule has 0 atom stereocenters. The molecule has 1 fully saturated rings. The summed E-state index contributed by atoms with van der Waals surface area (Å²) in [4.78, 5) is 16.8. The molecule has 0 spiro atoms. The van der Waals surface area contributed by atoms with E-state index >= 15 is 0 Å². The molecule has 7 nitrogen and oxygen atoms in total. The van der Waals surface area contributed by atoms with Gasteiger partial charge in [-0.15, -0.1) is 9.35 Å². The lowest BCUT2D eigenvalue weighted by atomic mass is 11.2. The van der Waals surface area contributed by atoms with Gasteiger partial charge in [0.15, 0.2) is 5.06 Å². The van der Waals surface area contributed by atoms with Crippen LogP contribution in [0.3, 0.4) is 0 Å². The van der Waals surface area contributed by atoms with Gasteiger partial charge in [-0.2, -0.15) is 0 Å². The summed E-state index contributed by atoms with van der Waals surface area (Å²) in [5.41, 5.74) is 0. The third kappa shape index (κ3) is 1.60. The Labute approximate surface area is 61.1 Å². The smallest absolute Gasteiger partial charge is 0.321 e. The van der Waals surface area contributed by atoms with E-state index in [-0.39, 0.29) is 0 Å². The molecular formula is C2H4O7P2. The Morgan fingerprint density at radius 2 is 1.91 bits per heavy atom. The standard InChI is InChI=1S/C2H4O7P2/c1-2(10(3,4)5)11(6)8-7-9-11/h1H2,(H2,3,4,5). The summed E-state index contributed by atoms with van der Waals surface area (Å²) in [6, 6.07) is 0. The largest absolute Gasteiger partial charge is 0.427 e. The van der Waals surface area contributed by atoms with E-state index in [0.717, 1.165) is 0 Å². The van der Waals surface area contributed by atoms with Crippen LogP contribution in [0, 0.1) is 0 Å². The summed E-state index contributed by atoms with van der Waals surface area (Å²) in [5.74, 6) is 0. The molecule has 0 saturated carbocycles. The highest BCUT2D eigenvalue weighted by Gasteiger charge is 2.49. The van der Waals surface area contributed by atoms with Crippen molar-refractivity contribution in [3.63, 3.8) is 0 Å². The summed E-state index contributed by atoms with van der Waals surface area (Å²) in [6.45, 7) is 2.86. The molecule has 0 aliphatic carbocycles. The van der Waals surface area contributed by atoms with Crippen LogP contribution in [0.25, 0.3) is 0 Å². The number of hydrogen-bond acceptors (Lipinski definition) is 5. The second-order valence-corrected chi connectivity index (χ2v) is 5.49. The first-order valence-electron chi connectivity index (χ1n) is 2.26. The van der Waals surface area contributed by atoms with Gasteiger partial charge in [-0.1, -0.05) is 6.58 Å². The molecule has 1 rings (SSSR count). The van der Waals surface area contributed by atoms with Crippen LogP contribution in [0.1, 0.15) is 0 Å². The van der Waals surface area contributed by atoms with Crippen LogP contribution in [0.5, 0.6) is 0 Å². The summed E-state index contributed by atoms with van der Waals surface area (Å²) >= 11 is 0. The minimum absolute atomic E-state index is 0.906. The molecule has 64 valence electrons. The maximum atomic E-state index is 10.9. The molecule has 1 aliphatic heterocycles. The second kappa shape index (κ2) is 2.50. The summed E-state index contributed by atoms with van der Waals surface area (Å²) in [5, 5.41) is 2.68. The Kier molecular flexibility index (Phi) is 2.07. The Morgan fingerprint density at radius 1 is 1.45 bits per heavy atom. The fraction of sp³-hybridized carbons (Fsp3) is 0. The molecule has 2 N–H and O–H groups in total. The van der Waals surface area contributed by atoms with Gasteiger partial charge in [0.1, 0.15) is 0 Å². The molecule has 11 heavy (non-hydrogen) atoms. The Balaban J connectivity index is 2.85. The lowest BCUT2D eigenvalue weighted by molar-refractivity contribution is -0.485. The minimum atomic E-state index is -4.63. The fourth-order valence-corrected chi connectivity index (χ4v) is 2.15. The van der Waals surface area contributed by atoms with Gasteiger partial charge in [0.2, 0.25) is 0 Å². The number of hydrogen-bond donors (Lipinski definition) is 2. The highest BCUT2D eigenvalue weighted by Crippen LogP contribution is 2.73. The monoisotopic (exact) mass is 202 g/mol. The molecule has 9 heteroatoms. The molecular weight excluding hydrogens is 198 g/mol. The van der Waals surface area contributed by atoms with Crippen LogP contribution in [0.2, 0.25) is 0 Å². The van der Waals surface area contributed by atoms with E-state index in [1.54, 1.807) is 0 Å². The molecule has 1 aliphatic rings. The third-order valence-electron chi connectivity index (χ3n) is 0.909. The van der Waals surface area contributed by atoms with Crippen LogP contribution in [-0.4, -0.2) is 9.79 Å². The van der Waals surface area contributed by atoms with Gasteiger partial charge in [0.05, 0.1) is 0 Å². The van der Waals surface area contributed by atoms with Gasteiger partial charge in [0.25, 0.3) is 0 Å². The average molecular weight is 202 g/mol. The second-order valence-electron chi connectivity index (χ2n) is 1.67. The Hall–Kier alpha value is -0.0000000000000000694. The zero-order valence-electron chi connectivity index (χ0n) is 5.04. The minimum Gasteiger partial charge on any atom is -0.321 e. The van der Waals surface area contributed by atoms with Crippen LogP contribution in [-0.2, 0) is 23.5 Å². The van der Waals surface area contributed by atoms with E-state index < -0.39 is 20.2 Å². The van der Waals surface area contributed by atoms with Crippen molar-refractivity contribution in [2.75, 3.05) is 0 Å².